The lowest BCUT2D eigenvalue weighted by molar-refractivity contribution is -0.157. The molecule has 1 unspecified atom stereocenters. The third-order valence-electron chi connectivity index (χ3n) is 1.82. The van der Waals surface area contributed by atoms with Crippen molar-refractivity contribution in [3.05, 3.63) is 25.3 Å². The van der Waals surface area contributed by atoms with Gasteiger partial charge in [-0.3, -0.25) is 4.79 Å². The maximum atomic E-state index is 11.8. The summed E-state index contributed by atoms with van der Waals surface area (Å²) < 4.78 is 15.4. The number of hydrogen-bond acceptors (Lipinski definition) is 5. The number of carbonyl (C=O) groups is 2. The summed E-state index contributed by atoms with van der Waals surface area (Å²) in [5.74, 6) is -1.09. The summed E-state index contributed by atoms with van der Waals surface area (Å²) in [5.41, 5.74) is 0. The Morgan fingerprint density at radius 3 is 2.11 bits per heavy atom. The minimum atomic E-state index is -1.97. The Labute approximate surface area is 115 Å². The molecule has 0 aliphatic heterocycles. The summed E-state index contributed by atoms with van der Waals surface area (Å²) in [6.07, 6.45) is 1.83. The summed E-state index contributed by atoms with van der Waals surface area (Å²) in [6, 6.07) is 0. The molecule has 0 radical (unpaired) electrons. The van der Waals surface area contributed by atoms with Gasteiger partial charge < -0.3 is 13.9 Å². The maximum absolute atomic E-state index is 11.8. The molecule has 5 nitrogen and oxygen atoms in total. The van der Waals surface area contributed by atoms with Gasteiger partial charge in [-0.1, -0.05) is 25.3 Å². The van der Waals surface area contributed by atoms with E-state index in [1.807, 2.05) is 19.6 Å². The predicted molar refractivity (Wildman–Crippen MR) is 75.1 cm³/mol. The molecule has 0 heterocycles. The maximum Gasteiger partial charge on any atom is 0.334 e. The fourth-order valence-electron chi connectivity index (χ4n) is 1.20. The molecule has 0 amide bonds. The molecule has 0 aromatic heterocycles. The topological polar surface area (TPSA) is 61.8 Å². The van der Waals surface area contributed by atoms with Crippen molar-refractivity contribution in [3.8, 4) is 0 Å². The lowest BCUT2D eigenvalue weighted by Gasteiger charge is -2.24. The van der Waals surface area contributed by atoms with Gasteiger partial charge in [-0.2, -0.15) is 0 Å². The number of esters is 2. The van der Waals surface area contributed by atoms with E-state index in [0.29, 0.717) is 0 Å². The van der Waals surface area contributed by atoms with E-state index in [1.165, 1.54) is 12.2 Å². The van der Waals surface area contributed by atoms with Crippen molar-refractivity contribution in [1.82, 2.24) is 0 Å². The number of hydrogen-bond donors (Lipinski definition) is 0. The third kappa shape index (κ3) is 9.21. The van der Waals surface area contributed by atoms with Crippen LogP contribution in [0.25, 0.3) is 0 Å². The standard InChI is InChI=1S/C13H22O5Si/c1-6-8-16-12(14)10-11(18-19(3,4)5)13(15)17-9-7-2/h6-7,11H,1-2,8-10H2,3-5H3. The first-order valence-electron chi connectivity index (χ1n) is 6.02. The highest BCUT2D eigenvalue weighted by atomic mass is 28.4. The molecule has 19 heavy (non-hydrogen) atoms. The third-order valence-corrected chi connectivity index (χ3v) is 2.81. The zero-order chi connectivity index (χ0) is 14.9. The van der Waals surface area contributed by atoms with Gasteiger partial charge in [0, 0.05) is 0 Å². The van der Waals surface area contributed by atoms with Gasteiger partial charge >= 0.3 is 11.9 Å². The van der Waals surface area contributed by atoms with E-state index in [-0.39, 0.29) is 19.6 Å². The van der Waals surface area contributed by atoms with Crippen molar-refractivity contribution < 1.29 is 23.5 Å². The van der Waals surface area contributed by atoms with Crippen molar-refractivity contribution >= 4 is 20.3 Å². The van der Waals surface area contributed by atoms with Gasteiger partial charge in [-0.15, -0.1) is 0 Å². The molecule has 1 atom stereocenters. The smallest absolute Gasteiger partial charge is 0.334 e. The van der Waals surface area contributed by atoms with E-state index < -0.39 is 26.4 Å². The van der Waals surface area contributed by atoms with Gasteiger partial charge in [0.2, 0.25) is 0 Å². The Kier molecular flexibility index (Phi) is 8.02. The van der Waals surface area contributed by atoms with Crippen LogP contribution in [0.1, 0.15) is 6.42 Å². The zero-order valence-electron chi connectivity index (χ0n) is 11.8. The van der Waals surface area contributed by atoms with Crippen LogP contribution in [0.3, 0.4) is 0 Å². The largest absolute Gasteiger partial charge is 0.461 e. The fourth-order valence-corrected chi connectivity index (χ4v) is 2.23. The molecule has 0 fully saturated rings. The minimum absolute atomic E-state index is 0.0894. The Bertz CT molecular complexity index is 332. The van der Waals surface area contributed by atoms with E-state index >= 15 is 0 Å². The Morgan fingerprint density at radius 1 is 1.11 bits per heavy atom. The lowest BCUT2D eigenvalue weighted by Crippen LogP contribution is -2.39. The van der Waals surface area contributed by atoms with Crippen LogP contribution in [0, 0.1) is 0 Å². The molecule has 0 saturated heterocycles. The predicted octanol–water partition coefficient (Wildman–Crippen LogP) is 2.05. The normalized spacial score (nSPS) is 12.4. The quantitative estimate of drug-likeness (QED) is 0.369. The van der Waals surface area contributed by atoms with Crippen molar-refractivity contribution in [1.29, 1.82) is 0 Å². The van der Waals surface area contributed by atoms with E-state index in [9.17, 15) is 9.59 Å². The summed E-state index contributed by atoms with van der Waals surface area (Å²) >= 11 is 0. The summed E-state index contributed by atoms with van der Waals surface area (Å²) in [4.78, 5) is 23.3. The van der Waals surface area contributed by atoms with E-state index in [4.69, 9.17) is 13.9 Å². The number of carbonyl (C=O) groups excluding carboxylic acids is 2. The second-order valence-electron chi connectivity index (χ2n) is 4.81. The highest BCUT2D eigenvalue weighted by Gasteiger charge is 2.30. The number of rotatable bonds is 9. The Hall–Kier alpha value is -1.40. The molecule has 0 aromatic carbocycles. The average Bonchev–Trinajstić information content (AvgIpc) is 2.30. The molecule has 0 aliphatic rings. The molecular formula is C13H22O5Si. The van der Waals surface area contributed by atoms with Crippen LogP contribution in [-0.2, 0) is 23.5 Å². The summed E-state index contributed by atoms with van der Waals surface area (Å²) in [7, 11) is -1.97. The fraction of sp³-hybridized carbons (Fsp3) is 0.538. The zero-order valence-corrected chi connectivity index (χ0v) is 12.8. The van der Waals surface area contributed by atoms with Crippen LogP contribution in [0.2, 0.25) is 19.6 Å². The van der Waals surface area contributed by atoms with E-state index in [2.05, 4.69) is 13.2 Å². The lowest BCUT2D eigenvalue weighted by atomic mass is 10.2. The second-order valence-corrected chi connectivity index (χ2v) is 9.27. The average molecular weight is 286 g/mol. The highest BCUT2D eigenvalue weighted by molar-refractivity contribution is 6.69. The van der Waals surface area contributed by atoms with Crippen LogP contribution in [-0.4, -0.2) is 39.6 Å². The Morgan fingerprint density at radius 2 is 1.63 bits per heavy atom. The minimum Gasteiger partial charge on any atom is -0.461 e. The first-order valence-corrected chi connectivity index (χ1v) is 9.43. The van der Waals surface area contributed by atoms with Gasteiger partial charge in [0.15, 0.2) is 14.4 Å². The van der Waals surface area contributed by atoms with Gasteiger partial charge in [-0.05, 0) is 19.6 Å². The van der Waals surface area contributed by atoms with Crippen molar-refractivity contribution in [3.63, 3.8) is 0 Å². The second kappa shape index (κ2) is 8.66. The monoisotopic (exact) mass is 286 g/mol. The molecule has 6 heteroatoms. The van der Waals surface area contributed by atoms with E-state index in [1.54, 1.807) is 0 Å². The van der Waals surface area contributed by atoms with Gasteiger partial charge in [0.05, 0.1) is 6.42 Å². The first-order chi connectivity index (χ1) is 8.80. The van der Waals surface area contributed by atoms with Gasteiger partial charge in [-0.25, -0.2) is 4.79 Å². The summed E-state index contributed by atoms with van der Waals surface area (Å²) in [6.45, 7) is 12.9. The summed E-state index contributed by atoms with van der Waals surface area (Å²) in [5, 5.41) is 0. The van der Waals surface area contributed by atoms with Crippen LogP contribution in [0.4, 0.5) is 0 Å². The first kappa shape index (κ1) is 17.6. The van der Waals surface area contributed by atoms with Crippen LogP contribution in [0.15, 0.2) is 25.3 Å². The Balaban J connectivity index is 4.57. The molecule has 0 spiro atoms. The van der Waals surface area contributed by atoms with Crippen LogP contribution in [0.5, 0.6) is 0 Å². The van der Waals surface area contributed by atoms with Crippen molar-refractivity contribution in [2.75, 3.05) is 13.2 Å². The molecule has 0 bridgehead atoms. The molecular weight excluding hydrogens is 264 g/mol. The van der Waals surface area contributed by atoms with E-state index in [0.717, 1.165) is 0 Å². The van der Waals surface area contributed by atoms with Crippen LogP contribution >= 0.6 is 0 Å². The van der Waals surface area contributed by atoms with Crippen LogP contribution < -0.4 is 0 Å². The van der Waals surface area contributed by atoms with Crippen molar-refractivity contribution in [2.24, 2.45) is 0 Å². The SMILES string of the molecule is C=CCOC(=O)CC(O[Si](C)(C)C)C(=O)OCC=C. The van der Waals surface area contributed by atoms with Gasteiger partial charge in [0.1, 0.15) is 13.2 Å². The molecule has 0 N–H and O–H groups in total. The molecule has 0 aliphatic carbocycles. The van der Waals surface area contributed by atoms with Gasteiger partial charge in [0.25, 0.3) is 0 Å². The molecule has 0 rings (SSSR count). The molecule has 0 aromatic rings. The van der Waals surface area contributed by atoms with Crippen molar-refractivity contribution in [2.45, 2.75) is 32.2 Å². The molecule has 0 saturated carbocycles. The highest BCUT2D eigenvalue weighted by Crippen LogP contribution is 2.12. The molecule has 108 valence electrons. The number of ether oxygens (including phenoxy) is 2.